The molecule has 15 heteroatoms. The summed E-state index contributed by atoms with van der Waals surface area (Å²) >= 11 is 12.2. The molecule has 1 heterocycles. The van der Waals surface area contributed by atoms with E-state index in [0.717, 1.165) is 4.31 Å². The van der Waals surface area contributed by atoms with Crippen molar-refractivity contribution in [3.05, 3.63) is 52.6 Å². The number of aromatic nitrogens is 2. The number of esters is 1. The van der Waals surface area contributed by atoms with Crippen LogP contribution >= 0.6 is 23.2 Å². The second-order valence-electron chi connectivity index (χ2n) is 9.00. The molecule has 0 spiro atoms. The lowest BCUT2D eigenvalue weighted by Gasteiger charge is -2.25. The number of nitrogens with zero attached hydrogens (tertiary/aromatic N) is 5. The van der Waals surface area contributed by atoms with Gasteiger partial charge in [0.15, 0.2) is 17.3 Å². The molecule has 0 saturated carbocycles. The van der Waals surface area contributed by atoms with E-state index in [9.17, 15) is 18.0 Å². The molecular weight excluding hydrogens is 607 g/mol. The predicted molar refractivity (Wildman–Crippen MR) is 163 cm³/mol. The Morgan fingerprint density at radius 2 is 1.62 bits per heavy atom. The van der Waals surface area contributed by atoms with Crippen molar-refractivity contribution in [2.24, 2.45) is 0 Å². The van der Waals surface area contributed by atoms with Crippen LogP contribution in [0.25, 0.3) is 0 Å². The first-order chi connectivity index (χ1) is 19.8. The van der Waals surface area contributed by atoms with Crippen LogP contribution in [0.4, 0.5) is 27.9 Å². The summed E-state index contributed by atoms with van der Waals surface area (Å²) in [5.41, 5.74) is 0.244. The molecule has 12 nitrogen and oxygen atoms in total. The van der Waals surface area contributed by atoms with Crippen LogP contribution in [0.5, 0.6) is 11.5 Å². The largest absolute Gasteiger partial charge is 0.420 e. The van der Waals surface area contributed by atoms with Gasteiger partial charge in [0.25, 0.3) is 10.0 Å². The van der Waals surface area contributed by atoms with Crippen molar-refractivity contribution < 1.29 is 27.5 Å². The Morgan fingerprint density at radius 1 is 0.976 bits per heavy atom. The monoisotopic (exact) mass is 638 g/mol. The fraction of sp³-hybridized carbons (Fsp3) is 0.333. The smallest absolute Gasteiger partial charge is 0.414 e. The van der Waals surface area contributed by atoms with Crippen LogP contribution in [-0.4, -0.2) is 69.6 Å². The van der Waals surface area contributed by atoms with E-state index in [2.05, 4.69) is 15.3 Å². The predicted octanol–water partition coefficient (Wildman–Crippen LogP) is 5.57. The third-order valence-corrected chi connectivity index (χ3v) is 8.12. The van der Waals surface area contributed by atoms with Crippen molar-refractivity contribution in [1.29, 1.82) is 0 Å². The molecule has 3 rings (SSSR count). The molecule has 3 aromatic rings. The first kappa shape index (κ1) is 32.7. The molecule has 0 aliphatic carbocycles. The molecule has 0 bridgehead atoms. The van der Waals surface area contributed by atoms with Gasteiger partial charge in [0.2, 0.25) is 5.95 Å². The minimum atomic E-state index is -4.19. The van der Waals surface area contributed by atoms with E-state index >= 15 is 0 Å². The molecule has 1 N–H and O–H groups in total. The first-order valence-electron chi connectivity index (χ1n) is 12.9. The van der Waals surface area contributed by atoms with E-state index in [1.54, 1.807) is 19.1 Å². The average Bonchev–Trinajstić information content (AvgIpc) is 2.94. The normalized spacial score (nSPS) is 11.0. The SMILES string of the molecule is CCC(=O)Oc1c(Nc2nc(N(CC)CC)ncc2N(C)S(=O)(=O)c2cc(Cl)cc(Cl)c2)cccc1OC(=O)N(C)C. The summed E-state index contributed by atoms with van der Waals surface area (Å²) in [5.74, 6) is -0.313. The molecular formula is C27H32Cl2N6O6S. The van der Waals surface area contributed by atoms with Crippen LogP contribution in [0.1, 0.15) is 27.2 Å². The molecule has 1 aromatic heterocycles. The third-order valence-electron chi connectivity index (χ3n) is 5.94. The number of hydrogen-bond donors (Lipinski definition) is 1. The molecule has 0 atom stereocenters. The number of hydrogen-bond acceptors (Lipinski definition) is 10. The lowest BCUT2D eigenvalue weighted by molar-refractivity contribution is -0.134. The number of rotatable bonds is 11. The topological polar surface area (TPSA) is 134 Å². The van der Waals surface area contributed by atoms with E-state index in [4.69, 9.17) is 32.7 Å². The summed E-state index contributed by atoms with van der Waals surface area (Å²) in [7, 11) is 0.154. The summed E-state index contributed by atoms with van der Waals surface area (Å²) in [4.78, 5) is 36.7. The fourth-order valence-corrected chi connectivity index (χ4v) is 5.53. The van der Waals surface area contributed by atoms with Crippen LogP contribution in [0, 0.1) is 0 Å². The van der Waals surface area contributed by atoms with E-state index in [1.165, 1.54) is 56.5 Å². The zero-order valence-electron chi connectivity index (χ0n) is 24.0. The number of carbonyl (C=O) groups is 2. The van der Waals surface area contributed by atoms with Crippen molar-refractivity contribution in [2.75, 3.05) is 48.8 Å². The van der Waals surface area contributed by atoms with Gasteiger partial charge in [-0.05, 0) is 44.2 Å². The van der Waals surface area contributed by atoms with Crippen LogP contribution in [-0.2, 0) is 14.8 Å². The molecule has 0 fully saturated rings. The van der Waals surface area contributed by atoms with Crippen molar-refractivity contribution in [3.8, 4) is 11.5 Å². The number of benzene rings is 2. The van der Waals surface area contributed by atoms with Gasteiger partial charge < -0.3 is 24.6 Å². The number of ether oxygens (including phenoxy) is 2. The van der Waals surface area contributed by atoms with E-state index in [0.29, 0.717) is 19.0 Å². The maximum atomic E-state index is 13.6. The van der Waals surface area contributed by atoms with Gasteiger partial charge in [-0.15, -0.1) is 0 Å². The summed E-state index contributed by atoms with van der Waals surface area (Å²) in [5, 5.41) is 3.36. The Hall–Kier alpha value is -3.81. The van der Waals surface area contributed by atoms with Gasteiger partial charge in [0.1, 0.15) is 5.69 Å². The Balaban J connectivity index is 2.20. The maximum absolute atomic E-state index is 13.6. The Bertz CT molecular complexity index is 1550. The maximum Gasteiger partial charge on any atom is 0.414 e. The highest BCUT2D eigenvalue weighted by Gasteiger charge is 2.27. The fourth-order valence-electron chi connectivity index (χ4n) is 3.61. The highest BCUT2D eigenvalue weighted by atomic mass is 35.5. The molecule has 0 saturated heterocycles. The number of para-hydroxylation sites is 1. The number of nitrogens with one attached hydrogen (secondary N) is 1. The number of amides is 1. The minimum absolute atomic E-state index is 0.0328. The molecule has 0 radical (unpaired) electrons. The lowest BCUT2D eigenvalue weighted by Crippen LogP contribution is -2.29. The van der Waals surface area contributed by atoms with Gasteiger partial charge in [-0.25, -0.2) is 18.2 Å². The third kappa shape index (κ3) is 7.52. The summed E-state index contributed by atoms with van der Waals surface area (Å²) in [6.07, 6.45) is 0.711. The summed E-state index contributed by atoms with van der Waals surface area (Å²) in [6, 6.07) is 8.59. The van der Waals surface area contributed by atoms with Crippen LogP contribution < -0.4 is 24.0 Å². The zero-order valence-corrected chi connectivity index (χ0v) is 26.3. The molecule has 2 aromatic carbocycles. The van der Waals surface area contributed by atoms with Crippen LogP contribution in [0.3, 0.4) is 0 Å². The van der Waals surface area contributed by atoms with Crippen molar-refractivity contribution in [3.63, 3.8) is 0 Å². The highest BCUT2D eigenvalue weighted by Crippen LogP contribution is 2.40. The average molecular weight is 640 g/mol. The first-order valence-corrected chi connectivity index (χ1v) is 15.1. The molecule has 226 valence electrons. The number of sulfonamides is 1. The number of carbonyl (C=O) groups excluding carboxylic acids is 2. The number of halogens is 2. The van der Waals surface area contributed by atoms with Gasteiger partial charge in [-0.3, -0.25) is 9.10 Å². The number of anilines is 4. The van der Waals surface area contributed by atoms with Crippen molar-refractivity contribution in [2.45, 2.75) is 32.1 Å². The molecule has 42 heavy (non-hydrogen) atoms. The van der Waals surface area contributed by atoms with Gasteiger partial charge in [0, 0.05) is 50.7 Å². The zero-order chi connectivity index (χ0) is 31.2. The van der Waals surface area contributed by atoms with E-state index < -0.39 is 22.1 Å². The van der Waals surface area contributed by atoms with Gasteiger partial charge >= 0.3 is 12.1 Å². The second kappa shape index (κ2) is 13.9. The second-order valence-corrected chi connectivity index (χ2v) is 11.8. The van der Waals surface area contributed by atoms with Crippen LogP contribution in [0.15, 0.2) is 47.5 Å². The molecule has 0 aliphatic rings. The van der Waals surface area contributed by atoms with Gasteiger partial charge in [-0.1, -0.05) is 36.2 Å². The highest BCUT2D eigenvalue weighted by molar-refractivity contribution is 7.92. The standard InChI is InChI=1S/C27H32Cl2N6O6S/c1-7-23(36)41-24-20(11-10-12-22(24)40-27(37)33(4)5)31-25-21(16-30-26(32-25)35(8-2)9-3)34(6)42(38,39)19-14-17(28)13-18(29)15-19/h10-16H,7-9H2,1-6H3,(H,30,31,32). The van der Waals surface area contributed by atoms with Crippen molar-refractivity contribution >= 4 is 68.4 Å². The molecule has 0 aliphatic heterocycles. The Kier molecular flexibility index (Phi) is 10.8. The van der Waals surface area contributed by atoms with E-state index in [-0.39, 0.29) is 50.1 Å². The Morgan fingerprint density at radius 3 is 2.19 bits per heavy atom. The van der Waals surface area contributed by atoms with Crippen LogP contribution in [0.2, 0.25) is 10.0 Å². The summed E-state index contributed by atoms with van der Waals surface area (Å²) < 4.78 is 39.3. The van der Waals surface area contributed by atoms with Gasteiger partial charge in [-0.2, -0.15) is 4.98 Å². The lowest BCUT2D eigenvalue weighted by atomic mass is 10.2. The quantitative estimate of drug-likeness (QED) is 0.210. The van der Waals surface area contributed by atoms with Crippen molar-refractivity contribution in [1.82, 2.24) is 14.9 Å². The minimum Gasteiger partial charge on any atom is -0.420 e. The van der Waals surface area contributed by atoms with Gasteiger partial charge in [0.05, 0.1) is 16.8 Å². The summed E-state index contributed by atoms with van der Waals surface area (Å²) in [6.45, 7) is 6.64. The Labute approximate surface area is 255 Å². The molecule has 0 unspecified atom stereocenters. The molecule has 1 amide bonds. The van der Waals surface area contributed by atoms with E-state index in [1.807, 2.05) is 18.7 Å².